The van der Waals surface area contributed by atoms with Crippen LogP contribution in [0.4, 0.5) is 0 Å². The number of benzene rings is 2. The summed E-state index contributed by atoms with van der Waals surface area (Å²) in [5.41, 5.74) is 0.936. The number of methoxy groups -OCH3 is 2. The Hall–Kier alpha value is -2.73. The van der Waals surface area contributed by atoms with Crippen LogP contribution in [0.3, 0.4) is 0 Å². The highest BCUT2D eigenvalue weighted by atomic mass is 16.5. The summed E-state index contributed by atoms with van der Waals surface area (Å²) in [5, 5.41) is 19.1. The maximum Gasteiger partial charge on any atom is 0.199 e. The van der Waals surface area contributed by atoms with Gasteiger partial charge >= 0.3 is 0 Å². The number of ketones is 1. The Kier molecular flexibility index (Phi) is 3.83. The number of phenolic OH excluding ortho intramolecular Hbond substituents is 2. The molecule has 2 aromatic carbocycles. The van der Waals surface area contributed by atoms with Crippen LogP contribution in [0.5, 0.6) is 23.0 Å². The Morgan fingerprint density at radius 2 is 1.83 bits per heavy atom. The third kappa shape index (κ3) is 2.57. The first-order valence-corrected chi connectivity index (χ1v) is 6.98. The molecule has 0 aliphatic carbocycles. The molecule has 2 N–H and O–H groups in total. The van der Waals surface area contributed by atoms with Gasteiger partial charge in [0, 0.05) is 13.2 Å². The van der Waals surface area contributed by atoms with Gasteiger partial charge in [0.2, 0.25) is 0 Å². The van der Waals surface area contributed by atoms with Crippen LogP contribution in [0, 0.1) is 0 Å². The van der Waals surface area contributed by atoms with Crippen molar-refractivity contribution in [2.24, 2.45) is 0 Å². The lowest BCUT2D eigenvalue weighted by Gasteiger charge is -2.32. The fourth-order valence-electron chi connectivity index (χ4n) is 2.61. The highest BCUT2D eigenvalue weighted by molar-refractivity contribution is 6.03. The molecule has 2 atom stereocenters. The molecule has 0 bridgehead atoms. The second-order valence-corrected chi connectivity index (χ2v) is 5.17. The molecule has 0 amide bonds. The van der Waals surface area contributed by atoms with Crippen molar-refractivity contribution in [3.63, 3.8) is 0 Å². The van der Waals surface area contributed by atoms with Crippen LogP contribution in [0.1, 0.15) is 22.0 Å². The first-order chi connectivity index (χ1) is 11.0. The van der Waals surface area contributed by atoms with Crippen LogP contribution in [0.15, 0.2) is 36.4 Å². The van der Waals surface area contributed by atoms with E-state index in [1.807, 2.05) is 0 Å². The number of aromatic hydroxyl groups is 2. The average Bonchev–Trinajstić information content (AvgIpc) is 2.56. The van der Waals surface area contributed by atoms with Gasteiger partial charge in [0.05, 0.1) is 12.7 Å². The van der Waals surface area contributed by atoms with Gasteiger partial charge in [0.1, 0.15) is 11.5 Å². The minimum Gasteiger partial charge on any atom is -0.504 e. The standard InChI is InChI=1S/C17H16O6/c1-21-10-4-5-11-14(8-10)23-16(17(22-2)15(11)20)9-3-6-12(18)13(19)7-9/h3-8,16-19H,1-2H3. The summed E-state index contributed by atoms with van der Waals surface area (Å²) < 4.78 is 16.4. The number of phenols is 2. The van der Waals surface area contributed by atoms with E-state index in [1.165, 1.54) is 26.4 Å². The summed E-state index contributed by atoms with van der Waals surface area (Å²) in [6.45, 7) is 0. The fraction of sp³-hybridized carbons (Fsp3) is 0.235. The molecule has 2 aromatic rings. The van der Waals surface area contributed by atoms with Crippen LogP contribution in [-0.4, -0.2) is 36.3 Å². The topological polar surface area (TPSA) is 85.2 Å². The molecule has 0 aromatic heterocycles. The van der Waals surface area contributed by atoms with Crippen LogP contribution >= 0.6 is 0 Å². The molecule has 0 radical (unpaired) electrons. The minimum absolute atomic E-state index is 0.214. The normalized spacial score (nSPS) is 19.8. The number of hydrogen-bond donors (Lipinski definition) is 2. The Bertz CT molecular complexity index is 755. The van der Waals surface area contributed by atoms with Crippen LogP contribution in [0.25, 0.3) is 0 Å². The number of fused-ring (bicyclic) bond motifs is 1. The fourth-order valence-corrected chi connectivity index (χ4v) is 2.61. The quantitative estimate of drug-likeness (QED) is 0.846. The SMILES string of the molecule is COc1ccc2c(c1)OC(c1ccc(O)c(O)c1)C(OC)C2=O. The van der Waals surface area contributed by atoms with Crippen molar-refractivity contribution in [3.05, 3.63) is 47.5 Å². The Morgan fingerprint density at radius 3 is 2.48 bits per heavy atom. The second-order valence-electron chi connectivity index (χ2n) is 5.17. The maximum atomic E-state index is 12.6. The number of carbonyl (C=O) groups excluding carboxylic acids is 1. The summed E-state index contributed by atoms with van der Waals surface area (Å²) in [6.07, 6.45) is -1.58. The summed E-state index contributed by atoms with van der Waals surface area (Å²) in [6, 6.07) is 9.21. The van der Waals surface area contributed by atoms with Gasteiger partial charge in [-0.25, -0.2) is 0 Å². The molecular weight excluding hydrogens is 300 g/mol. The zero-order valence-corrected chi connectivity index (χ0v) is 12.6. The summed E-state index contributed by atoms with van der Waals surface area (Å²) in [7, 11) is 2.95. The van der Waals surface area contributed by atoms with E-state index in [1.54, 1.807) is 24.3 Å². The average molecular weight is 316 g/mol. The van der Waals surface area contributed by atoms with E-state index in [2.05, 4.69) is 0 Å². The highest BCUT2D eigenvalue weighted by Crippen LogP contribution is 2.40. The van der Waals surface area contributed by atoms with Crippen molar-refractivity contribution in [2.45, 2.75) is 12.2 Å². The van der Waals surface area contributed by atoms with Gasteiger partial charge in [0.25, 0.3) is 0 Å². The minimum atomic E-state index is -0.847. The van der Waals surface area contributed by atoms with Gasteiger partial charge in [-0.05, 0) is 29.8 Å². The molecule has 3 rings (SSSR count). The van der Waals surface area contributed by atoms with Crippen molar-refractivity contribution < 1.29 is 29.2 Å². The van der Waals surface area contributed by atoms with Crippen molar-refractivity contribution in [1.29, 1.82) is 0 Å². The first kappa shape index (κ1) is 15.2. The summed E-state index contributed by atoms with van der Waals surface area (Å²) in [4.78, 5) is 12.6. The van der Waals surface area contributed by atoms with Crippen LogP contribution in [0.2, 0.25) is 0 Å². The number of hydrogen-bond acceptors (Lipinski definition) is 6. The lowest BCUT2D eigenvalue weighted by atomic mass is 9.93. The molecule has 23 heavy (non-hydrogen) atoms. The Labute approximate surface area is 132 Å². The van der Waals surface area contributed by atoms with Gasteiger partial charge in [0.15, 0.2) is 29.5 Å². The van der Waals surface area contributed by atoms with Gasteiger partial charge in [-0.15, -0.1) is 0 Å². The van der Waals surface area contributed by atoms with Crippen molar-refractivity contribution >= 4 is 5.78 Å². The zero-order valence-electron chi connectivity index (χ0n) is 12.6. The lowest BCUT2D eigenvalue weighted by molar-refractivity contribution is -0.000763. The number of carbonyl (C=O) groups is 1. The molecule has 120 valence electrons. The summed E-state index contributed by atoms with van der Waals surface area (Å²) >= 11 is 0. The van der Waals surface area contributed by atoms with E-state index in [0.717, 1.165) is 0 Å². The van der Waals surface area contributed by atoms with Crippen molar-refractivity contribution in [3.8, 4) is 23.0 Å². The van der Waals surface area contributed by atoms with Crippen LogP contribution in [-0.2, 0) is 4.74 Å². The van der Waals surface area contributed by atoms with E-state index < -0.39 is 12.2 Å². The number of Topliss-reactive ketones (excluding diaryl/α,β-unsaturated/α-hetero) is 1. The predicted octanol–water partition coefficient (Wildman–Crippen LogP) is 2.44. The van der Waals surface area contributed by atoms with Gasteiger partial charge < -0.3 is 24.4 Å². The molecule has 1 heterocycles. The second kappa shape index (κ2) is 5.81. The third-order valence-corrected chi connectivity index (χ3v) is 3.82. The van der Waals surface area contributed by atoms with E-state index in [4.69, 9.17) is 14.2 Å². The van der Waals surface area contributed by atoms with Gasteiger partial charge in [-0.3, -0.25) is 4.79 Å². The van der Waals surface area contributed by atoms with E-state index >= 15 is 0 Å². The van der Waals surface area contributed by atoms with Gasteiger partial charge in [-0.2, -0.15) is 0 Å². The van der Waals surface area contributed by atoms with Gasteiger partial charge in [-0.1, -0.05) is 6.07 Å². The molecule has 0 spiro atoms. The number of ether oxygens (including phenoxy) is 3. The van der Waals surface area contributed by atoms with E-state index in [-0.39, 0.29) is 17.3 Å². The van der Waals surface area contributed by atoms with Crippen molar-refractivity contribution in [2.75, 3.05) is 14.2 Å². The molecular formula is C17H16O6. The Balaban J connectivity index is 2.06. The zero-order chi connectivity index (χ0) is 16.6. The van der Waals surface area contributed by atoms with E-state index in [9.17, 15) is 15.0 Å². The predicted molar refractivity (Wildman–Crippen MR) is 81.3 cm³/mol. The van der Waals surface area contributed by atoms with Crippen LogP contribution < -0.4 is 9.47 Å². The largest absolute Gasteiger partial charge is 0.504 e. The molecule has 6 nitrogen and oxygen atoms in total. The maximum absolute atomic E-state index is 12.6. The molecule has 0 fully saturated rings. The smallest absolute Gasteiger partial charge is 0.199 e. The lowest BCUT2D eigenvalue weighted by Crippen LogP contribution is -2.37. The highest BCUT2D eigenvalue weighted by Gasteiger charge is 2.38. The molecule has 0 saturated carbocycles. The first-order valence-electron chi connectivity index (χ1n) is 6.98. The molecule has 1 aliphatic heterocycles. The monoisotopic (exact) mass is 316 g/mol. The summed E-state index contributed by atoms with van der Waals surface area (Å²) in [5.74, 6) is 0.214. The molecule has 0 saturated heterocycles. The third-order valence-electron chi connectivity index (χ3n) is 3.82. The van der Waals surface area contributed by atoms with Crippen molar-refractivity contribution in [1.82, 2.24) is 0 Å². The molecule has 1 aliphatic rings. The Morgan fingerprint density at radius 1 is 1.04 bits per heavy atom. The molecule has 2 unspecified atom stereocenters. The number of rotatable bonds is 3. The van der Waals surface area contributed by atoms with E-state index in [0.29, 0.717) is 22.6 Å². The molecule has 6 heteroatoms.